The normalized spacial score (nSPS) is 34.8. The van der Waals surface area contributed by atoms with E-state index in [0.29, 0.717) is 5.92 Å². The minimum Gasteiger partial charge on any atom is -0.444 e. The van der Waals surface area contributed by atoms with Crippen LogP contribution in [0.2, 0.25) is 0 Å². The number of nitrogens with one attached hydrogen (secondary N) is 1. The maximum Gasteiger partial charge on any atom is 0.408 e. The highest BCUT2D eigenvalue weighted by atomic mass is 127. The molecule has 1 aliphatic heterocycles. The quantitative estimate of drug-likeness (QED) is 0.592. The van der Waals surface area contributed by atoms with Crippen LogP contribution in [0.25, 0.3) is 0 Å². The Morgan fingerprint density at radius 1 is 1.60 bits per heavy atom. The molecule has 2 fully saturated rings. The summed E-state index contributed by atoms with van der Waals surface area (Å²) in [5, 5.41) is 3.01. The van der Waals surface area contributed by atoms with Crippen LogP contribution in [-0.2, 0) is 4.74 Å². The number of ether oxygens (including phenoxy) is 1. The Hall–Kier alpha value is -0.0400. The van der Waals surface area contributed by atoms with Crippen LogP contribution in [0.4, 0.5) is 4.79 Å². The Labute approximate surface area is 104 Å². The van der Waals surface area contributed by atoms with E-state index in [2.05, 4.69) is 31.3 Å². The number of amides is 1. The molecule has 5 heteroatoms. The van der Waals surface area contributed by atoms with Crippen molar-refractivity contribution < 1.29 is 9.53 Å². The second-order valence-electron chi connectivity index (χ2n) is 5.49. The molecule has 2 atom stereocenters. The summed E-state index contributed by atoms with van der Waals surface area (Å²) in [5.41, 5.74) is -0.392. The molecule has 86 valence electrons. The number of alkyl carbamates (subject to hydrolysis) is 1. The smallest absolute Gasteiger partial charge is 0.408 e. The summed E-state index contributed by atoms with van der Waals surface area (Å²) in [6.45, 7) is 7.67. The molecule has 0 aromatic rings. The number of carbonyl (C=O) groups is 1. The summed E-state index contributed by atoms with van der Waals surface area (Å²) in [7, 11) is 0. The number of piperidine rings is 1. The molecule has 0 spiro atoms. The van der Waals surface area contributed by atoms with Crippen LogP contribution in [0.3, 0.4) is 0 Å². The van der Waals surface area contributed by atoms with E-state index in [1.807, 2.05) is 20.8 Å². The Bertz CT molecular complexity index is 290. The van der Waals surface area contributed by atoms with Crippen LogP contribution in [0.5, 0.6) is 0 Å². The summed E-state index contributed by atoms with van der Waals surface area (Å²) in [4.78, 5) is 11.6. The lowest BCUT2D eigenvalue weighted by molar-refractivity contribution is 0.0496. The van der Waals surface area contributed by atoms with Crippen LogP contribution in [0.15, 0.2) is 0 Å². The largest absolute Gasteiger partial charge is 0.444 e. The van der Waals surface area contributed by atoms with E-state index in [0.717, 1.165) is 19.5 Å². The van der Waals surface area contributed by atoms with E-state index in [9.17, 15) is 4.79 Å². The van der Waals surface area contributed by atoms with Gasteiger partial charge in [0, 0.05) is 36.0 Å². The van der Waals surface area contributed by atoms with Gasteiger partial charge in [0.2, 0.25) is 0 Å². The summed E-state index contributed by atoms with van der Waals surface area (Å²) in [6, 6.07) is 0. The van der Waals surface area contributed by atoms with Crippen LogP contribution in [0.1, 0.15) is 27.2 Å². The molecule has 1 saturated carbocycles. The molecule has 0 aromatic heterocycles. The molecule has 0 unspecified atom stereocenters. The molecule has 0 bridgehead atoms. The van der Waals surface area contributed by atoms with Gasteiger partial charge in [0.25, 0.3) is 0 Å². The van der Waals surface area contributed by atoms with E-state index in [1.54, 1.807) is 0 Å². The summed E-state index contributed by atoms with van der Waals surface area (Å²) in [6.07, 6.45) is 0.822. The van der Waals surface area contributed by atoms with Crippen LogP contribution in [-0.4, -0.2) is 33.4 Å². The van der Waals surface area contributed by atoms with Crippen LogP contribution >= 0.6 is 22.9 Å². The first-order chi connectivity index (χ1) is 6.81. The number of carbonyl (C=O) groups excluding carboxylic acids is 1. The van der Waals surface area contributed by atoms with Crippen LogP contribution in [0, 0.1) is 5.92 Å². The maximum atomic E-state index is 11.6. The fraction of sp³-hybridized carbons (Fsp3) is 0.900. The van der Waals surface area contributed by atoms with Gasteiger partial charge in [-0.3, -0.25) is 0 Å². The van der Waals surface area contributed by atoms with Crippen molar-refractivity contribution in [1.29, 1.82) is 0 Å². The molecular weight excluding hydrogens is 307 g/mol. The van der Waals surface area contributed by atoms with E-state index in [4.69, 9.17) is 4.74 Å². The first kappa shape index (κ1) is 11.4. The van der Waals surface area contributed by atoms with Crippen molar-refractivity contribution in [3.8, 4) is 0 Å². The second kappa shape index (κ2) is 3.48. The molecule has 4 nitrogen and oxygen atoms in total. The molecule has 1 saturated heterocycles. The van der Waals surface area contributed by atoms with Crippen LogP contribution < -0.4 is 5.32 Å². The van der Waals surface area contributed by atoms with Gasteiger partial charge < -0.3 is 10.1 Å². The molecule has 15 heavy (non-hydrogen) atoms. The Balaban J connectivity index is 1.86. The SMILES string of the molecule is CC(C)(C)OC(=O)N[C@]12C[C@H]1CN(I)C2. The second-order valence-corrected chi connectivity index (χ2v) is 6.85. The van der Waals surface area contributed by atoms with Gasteiger partial charge in [-0.1, -0.05) is 0 Å². The number of halogens is 1. The van der Waals surface area contributed by atoms with Gasteiger partial charge in [-0.2, -0.15) is 0 Å². The van der Waals surface area contributed by atoms with Gasteiger partial charge >= 0.3 is 6.09 Å². The van der Waals surface area contributed by atoms with E-state index in [1.165, 1.54) is 0 Å². The molecule has 1 N–H and O–H groups in total. The fourth-order valence-corrected chi connectivity index (χ4v) is 3.21. The van der Waals surface area contributed by atoms with Crippen molar-refractivity contribution >= 4 is 29.0 Å². The third-order valence-corrected chi connectivity index (χ3v) is 3.59. The van der Waals surface area contributed by atoms with Gasteiger partial charge in [-0.05, 0) is 33.1 Å². The van der Waals surface area contributed by atoms with Crippen molar-refractivity contribution in [2.45, 2.75) is 38.3 Å². The first-order valence-electron chi connectivity index (χ1n) is 5.23. The highest BCUT2D eigenvalue weighted by Gasteiger charge is 2.61. The zero-order chi connectivity index (χ0) is 11.3. The summed E-state index contributed by atoms with van der Waals surface area (Å²) >= 11 is 2.30. The fourth-order valence-electron chi connectivity index (χ4n) is 2.12. The highest BCUT2D eigenvalue weighted by molar-refractivity contribution is 14.1. The average molecular weight is 324 g/mol. The van der Waals surface area contributed by atoms with Gasteiger partial charge in [0.1, 0.15) is 5.60 Å². The zero-order valence-corrected chi connectivity index (χ0v) is 11.5. The minimum absolute atomic E-state index is 0.0174. The van der Waals surface area contributed by atoms with Crippen molar-refractivity contribution in [1.82, 2.24) is 8.43 Å². The Morgan fingerprint density at radius 2 is 2.27 bits per heavy atom. The third kappa shape index (κ3) is 2.55. The lowest BCUT2D eigenvalue weighted by Crippen LogP contribution is -2.43. The number of rotatable bonds is 1. The molecule has 2 rings (SSSR count). The molecule has 2 aliphatic rings. The lowest BCUT2D eigenvalue weighted by atomic mass is 10.2. The monoisotopic (exact) mass is 324 g/mol. The van der Waals surface area contributed by atoms with Gasteiger partial charge in [-0.15, -0.1) is 0 Å². The average Bonchev–Trinajstić information content (AvgIpc) is 2.47. The van der Waals surface area contributed by atoms with E-state index >= 15 is 0 Å². The Morgan fingerprint density at radius 3 is 2.73 bits per heavy atom. The molecule has 1 amide bonds. The van der Waals surface area contributed by atoms with Gasteiger partial charge in [0.15, 0.2) is 0 Å². The van der Waals surface area contributed by atoms with Crippen molar-refractivity contribution in [3.63, 3.8) is 0 Å². The van der Waals surface area contributed by atoms with Gasteiger partial charge in [0.05, 0.1) is 5.54 Å². The summed E-state index contributed by atoms with van der Waals surface area (Å²) in [5.74, 6) is 0.627. The van der Waals surface area contributed by atoms with E-state index < -0.39 is 5.60 Å². The number of fused-ring (bicyclic) bond motifs is 1. The molecular formula is C10H17IN2O2. The van der Waals surface area contributed by atoms with Crippen molar-refractivity contribution in [3.05, 3.63) is 0 Å². The summed E-state index contributed by atoms with van der Waals surface area (Å²) < 4.78 is 7.48. The van der Waals surface area contributed by atoms with Crippen molar-refractivity contribution in [2.24, 2.45) is 5.92 Å². The number of hydrogen-bond donors (Lipinski definition) is 1. The third-order valence-electron chi connectivity index (χ3n) is 2.85. The standard InChI is InChI=1S/C10H17IN2O2/c1-9(2,3)15-8(14)12-10-4-7(10)5-13(11)6-10/h7H,4-6H2,1-3H3,(H,12,14)/t7-,10-/m0/s1. The predicted octanol–water partition coefficient (Wildman–Crippen LogP) is 1.94. The first-order valence-corrected chi connectivity index (χ1v) is 6.19. The predicted molar refractivity (Wildman–Crippen MR) is 65.8 cm³/mol. The minimum atomic E-state index is -0.409. The maximum absolute atomic E-state index is 11.6. The number of nitrogens with zero attached hydrogens (tertiary/aromatic N) is 1. The Kier molecular flexibility index (Phi) is 2.65. The topological polar surface area (TPSA) is 41.6 Å². The molecule has 1 aliphatic carbocycles. The molecule has 1 heterocycles. The van der Waals surface area contributed by atoms with Gasteiger partial charge in [-0.25, -0.2) is 7.91 Å². The van der Waals surface area contributed by atoms with E-state index in [-0.39, 0.29) is 11.6 Å². The lowest BCUT2D eigenvalue weighted by Gasteiger charge is -2.23. The zero-order valence-electron chi connectivity index (χ0n) is 9.34. The number of hydrogen-bond acceptors (Lipinski definition) is 3. The molecule has 0 aromatic carbocycles. The molecule has 0 radical (unpaired) electrons. The highest BCUT2D eigenvalue weighted by Crippen LogP contribution is 2.50. The van der Waals surface area contributed by atoms with Crippen molar-refractivity contribution in [2.75, 3.05) is 13.1 Å².